The minimum Gasteiger partial charge on any atom is -0.494 e. The third-order valence-corrected chi connectivity index (χ3v) is 5.11. The van der Waals surface area contributed by atoms with Gasteiger partial charge in [-0.05, 0) is 43.5 Å². The molecule has 0 saturated carbocycles. The molecule has 0 radical (unpaired) electrons. The van der Waals surface area contributed by atoms with Gasteiger partial charge in [0.05, 0.1) is 13.2 Å². The predicted molar refractivity (Wildman–Crippen MR) is 105 cm³/mol. The van der Waals surface area contributed by atoms with Gasteiger partial charge < -0.3 is 14.5 Å². The molecule has 0 N–H and O–H groups in total. The molecule has 2 saturated heterocycles. The van der Waals surface area contributed by atoms with Crippen LogP contribution in [0.15, 0.2) is 30.3 Å². The molecule has 3 rings (SSSR count). The maximum Gasteiger partial charge on any atom is 0.246 e. The highest BCUT2D eigenvalue weighted by atomic mass is 16.5. The van der Waals surface area contributed by atoms with Crippen molar-refractivity contribution in [1.29, 1.82) is 0 Å². The van der Waals surface area contributed by atoms with E-state index in [0.717, 1.165) is 50.3 Å². The van der Waals surface area contributed by atoms with Crippen molar-refractivity contribution < 1.29 is 14.3 Å². The molecule has 2 fully saturated rings. The summed E-state index contributed by atoms with van der Waals surface area (Å²) >= 11 is 0. The number of benzene rings is 1. The van der Waals surface area contributed by atoms with Crippen LogP contribution in [0.4, 0.5) is 0 Å². The second-order valence-corrected chi connectivity index (χ2v) is 7.02. The SMILES string of the molecule is CCOc1ccc(C=CC(=O)N2CCN(CC(=O)N3CCCC3)CC2)cc1. The quantitative estimate of drug-likeness (QED) is 0.717. The van der Waals surface area contributed by atoms with E-state index in [1.54, 1.807) is 6.08 Å². The molecule has 2 aliphatic heterocycles. The Balaban J connectivity index is 1.43. The van der Waals surface area contributed by atoms with Crippen molar-refractivity contribution >= 4 is 17.9 Å². The van der Waals surface area contributed by atoms with Crippen LogP contribution >= 0.6 is 0 Å². The third-order valence-electron chi connectivity index (χ3n) is 5.11. The normalized spacial score (nSPS) is 18.3. The summed E-state index contributed by atoms with van der Waals surface area (Å²) in [6.07, 6.45) is 5.70. The van der Waals surface area contributed by atoms with E-state index in [0.29, 0.717) is 26.2 Å². The van der Waals surface area contributed by atoms with Crippen molar-refractivity contribution in [2.75, 3.05) is 52.4 Å². The Morgan fingerprint density at radius 2 is 1.63 bits per heavy atom. The van der Waals surface area contributed by atoms with Crippen LogP contribution in [0.3, 0.4) is 0 Å². The van der Waals surface area contributed by atoms with Gasteiger partial charge in [-0.3, -0.25) is 14.5 Å². The summed E-state index contributed by atoms with van der Waals surface area (Å²) in [7, 11) is 0. The van der Waals surface area contributed by atoms with Crippen LogP contribution in [0.1, 0.15) is 25.3 Å². The van der Waals surface area contributed by atoms with Gasteiger partial charge in [0.25, 0.3) is 0 Å². The van der Waals surface area contributed by atoms with E-state index >= 15 is 0 Å². The lowest BCUT2D eigenvalue weighted by Gasteiger charge is -2.34. The van der Waals surface area contributed by atoms with Crippen LogP contribution in [0, 0.1) is 0 Å². The highest BCUT2D eigenvalue weighted by molar-refractivity contribution is 5.91. The van der Waals surface area contributed by atoms with E-state index < -0.39 is 0 Å². The van der Waals surface area contributed by atoms with Crippen LogP contribution in [-0.4, -0.2) is 78.9 Å². The first-order valence-electron chi connectivity index (χ1n) is 9.85. The molecule has 0 atom stereocenters. The van der Waals surface area contributed by atoms with Gasteiger partial charge in [-0.15, -0.1) is 0 Å². The van der Waals surface area contributed by atoms with Crippen molar-refractivity contribution in [3.05, 3.63) is 35.9 Å². The van der Waals surface area contributed by atoms with Crippen molar-refractivity contribution in [1.82, 2.24) is 14.7 Å². The Kier molecular flexibility index (Phi) is 6.87. The third kappa shape index (κ3) is 5.57. The topological polar surface area (TPSA) is 53.1 Å². The Morgan fingerprint density at radius 1 is 0.963 bits per heavy atom. The number of hydrogen-bond donors (Lipinski definition) is 0. The van der Waals surface area contributed by atoms with Crippen LogP contribution in [0.25, 0.3) is 6.08 Å². The van der Waals surface area contributed by atoms with E-state index in [1.165, 1.54) is 0 Å². The molecule has 0 unspecified atom stereocenters. The second-order valence-electron chi connectivity index (χ2n) is 7.02. The van der Waals surface area contributed by atoms with Crippen LogP contribution < -0.4 is 4.74 Å². The zero-order valence-electron chi connectivity index (χ0n) is 16.1. The molecule has 0 bridgehead atoms. The second kappa shape index (κ2) is 9.55. The molecule has 2 aliphatic rings. The van der Waals surface area contributed by atoms with Gasteiger partial charge in [-0.1, -0.05) is 12.1 Å². The maximum atomic E-state index is 12.4. The van der Waals surface area contributed by atoms with Crippen molar-refractivity contribution in [3.8, 4) is 5.75 Å². The first-order chi connectivity index (χ1) is 13.2. The van der Waals surface area contributed by atoms with Crippen molar-refractivity contribution in [2.24, 2.45) is 0 Å². The molecule has 6 heteroatoms. The summed E-state index contributed by atoms with van der Waals surface area (Å²) in [4.78, 5) is 30.6. The summed E-state index contributed by atoms with van der Waals surface area (Å²) in [6.45, 7) is 7.70. The summed E-state index contributed by atoms with van der Waals surface area (Å²) in [5.74, 6) is 1.08. The minimum absolute atomic E-state index is 0.0226. The van der Waals surface area contributed by atoms with E-state index in [2.05, 4.69) is 4.90 Å². The zero-order valence-corrected chi connectivity index (χ0v) is 16.1. The molecular weight excluding hydrogens is 342 g/mol. The Bertz CT molecular complexity index is 658. The number of carbonyl (C=O) groups excluding carboxylic acids is 2. The van der Waals surface area contributed by atoms with Crippen molar-refractivity contribution in [3.63, 3.8) is 0 Å². The van der Waals surface area contributed by atoms with E-state index in [4.69, 9.17) is 4.74 Å². The summed E-state index contributed by atoms with van der Waals surface area (Å²) in [6, 6.07) is 7.70. The Hall–Kier alpha value is -2.34. The first kappa shape index (κ1) is 19.4. The smallest absolute Gasteiger partial charge is 0.246 e. The van der Waals surface area contributed by atoms with Gasteiger partial charge in [0, 0.05) is 45.3 Å². The molecule has 0 spiro atoms. The standard InChI is InChI=1S/C21H29N3O3/c1-2-27-19-8-5-18(6-9-19)7-10-20(25)24-15-13-22(14-16-24)17-21(26)23-11-3-4-12-23/h5-10H,2-4,11-17H2,1H3. The maximum absolute atomic E-state index is 12.4. The number of piperazine rings is 1. The van der Waals surface area contributed by atoms with E-state index in [-0.39, 0.29) is 11.8 Å². The number of carbonyl (C=O) groups is 2. The molecule has 2 amide bonds. The molecule has 6 nitrogen and oxygen atoms in total. The molecular formula is C21H29N3O3. The summed E-state index contributed by atoms with van der Waals surface area (Å²) < 4.78 is 5.42. The highest BCUT2D eigenvalue weighted by Crippen LogP contribution is 2.14. The lowest BCUT2D eigenvalue weighted by molar-refractivity contribution is -0.132. The molecule has 0 aromatic heterocycles. The highest BCUT2D eigenvalue weighted by Gasteiger charge is 2.24. The van der Waals surface area contributed by atoms with Gasteiger partial charge >= 0.3 is 0 Å². The number of rotatable bonds is 6. The van der Waals surface area contributed by atoms with Gasteiger partial charge in [0.1, 0.15) is 5.75 Å². The Labute approximate surface area is 161 Å². The summed E-state index contributed by atoms with van der Waals surface area (Å²) in [5, 5.41) is 0. The van der Waals surface area contributed by atoms with Gasteiger partial charge in [0.15, 0.2) is 0 Å². The fourth-order valence-electron chi connectivity index (χ4n) is 3.50. The molecule has 1 aromatic rings. The number of amides is 2. The first-order valence-corrected chi connectivity index (χ1v) is 9.85. The molecule has 1 aromatic carbocycles. The lowest BCUT2D eigenvalue weighted by atomic mass is 10.2. The lowest BCUT2D eigenvalue weighted by Crippen LogP contribution is -2.51. The van der Waals surface area contributed by atoms with Gasteiger partial charge in [0.2, 0.25) is 11.8 Å². The molecule has 27 heavy (non-hydrogen) atoms. The molecule has 0 aliphatic carbocycles. The molecule has 146 valence electrons. The predicted octanol–water partition coefficient (Wildman–Crippen LogP) is 1.87. The van der Waals surface area contributed by atoms with E-state index in [1.807, 2.05) is 47.1 Å². The summed E-state index contributed by atoms with van der Waals surface area (Å²) in [5.41, 5.74) is 0.974. The van der Waals surface area contributed by atoms with Crippen LogP contribution in [0.5, 0.6) is 5.75 Å². The van der Waals surface area contributed by atoms with Crippen LogP contribution in [-0.2, 0) is 9.59 Å². The zero-order chi connectivity index (χ0) is 19.1. The average Bonchev–Trinajstić information content (AvgIpc) is 3.23. The minimum atomic E-state index is 0.0226. The number of hydrogen-bond acceptors (Lipinski definition) is 4. The average molecular weight is 371 g/mol. The monoisotopic (exact) mass is 371 g/mol. The van der Waals surface area contributed by atoms with Gasteiger partial charge in [-0.25, -0.2) is 0 Å². The Morgan fingerprint density at radius 3 is 2.26 bits per heavy atom. The van der Waals surface area contributed by atoms with Gasteiger partial charge in [-0.2, -0.15) is 0 Å². The number of nitrogens with zero attached hydrogens (tertiary/aromatic N) is 3. The van der Waals surface area contributed by atoms with Crippen LogP contribution in [0.2, 0.25) is 0 Å². The fraction of sp³-hybridized carbons (Fsp3) is 0.524. The number of likely N-dealkylation sites (tertiary alicyclic amines) is 1. The largest absolute Gasteiger partial charge is 0.494 e. The fourth-order valence-corrected chi connectivity index (χ4v) is 3.50. The van der Waals surface area contributed by atoms with E-state index in [9.17, 15) is 9.59 Å². The van der Waals surface area contributed by atoms with Crippen molar-refractivity contribution in [2.45, 2.75) is 19.8 Å². The molecule has 2 heterocycles. The number of ether oxygens (including phenoxy) is 1.